The Balaban J connectivity index is 3.47. The number of nitrogens with one attached hydrogen (secondary N) is 1. The minimum Gasteiger partial charge on any atom is -0.381 e. The normalized spacial score (nSPS) is 15.9. The first-order valence-electron chi connectivity index (χ1n) is 5.86. The van der Waals surface area contributed by atoms with Gasteiger partial charge in [0.25, 0.3) is 0 Å². The summed E-state index contributed by atoms with van der Waals surface area (Å²) in [5, 5.41) is 3.35. The van der Waals surface area contributed by atoms with Crippen molar-refractivity contribution >= 4 is 0 Å². The standard InChI is InChI=1S/C12H27NO/c1-6-12(13-5)11(4)7-8-14-9-10(2)3/h10-13H,6-9H2,1-5H3. The molecule has 86 valence electrons. The molecule has 0 aliphatic rings. The molecule has 2 nitrogen and oxygen atoms in total. The summed E-state index contributed by atoms with van der Waals surface area (Å²) in [4.78, 5) is 0. The molecular formula is C12H27NO. The molecule has 0 aromatic rings. The van der Waals surface area contributed by atoms with Crippen LogP contribution < -0.4 is 5.32 Å². The van der Waals surface area contributed by atoms with Crippen molar-refractivity contribution in [2.45, 2.75) is 46.6 Å². The fourth-order valence-corrected chi connectivity index (χ4v) is 1.68. The minimum absolute atomic E-state index is 0.637. The van der Waals surface area contributed by atoms with Crippen molar-refractivity contribution in [1.82, 2.24) is 5.32 Å². The van der Waals surface area contributed by atoms with Crippen molar-refractivity contribution in [2.24, 2.45) is 11.8 Å². The molecule has 0 rings (SSSR count). The van der Waals surface area contributed by atoms with Gasteiger partial charge in [0.15, 0.2) is 0 Å². The Bertz CT molecular complexity index is 121. The maximum atomic E-state index is 5.58. The van der Waals surface area contributed by atoms with Gasteiger partial charge in [0.1, 0.15) is 0 Å². The zero-order valence-corrected chi connectivity index (χ0v) is 10.5. The molecule has 2 heteroatoms. The van der Waals surface area contributed by atoms with Crippen LogP contribution in [0.5, 0.6) is 0 Å². The van der Waals surface area contributed by atoms with Gasteiger partial charge in [-0.2, -0.15) is 0 Å². The van der Waals surface area contributed by atoms with E-state index in [0.717, 1.165) is 19.6 Å². The van der Waals surface area contributed by atoms with Crippen molar-refractivity contribution in [3.8, 4) is 0 Å². The SMILES string of the molecule is CCC(NC)C(C)CCOCC(C)C. The van der Waals surface area contributed by atoms with Gasteiger partial charge in [-0.15, -0.1) is 0 Å². The van der Waals surface area contributed by atoms with Crippen LogP contribution in [0.1, 0.15) is 40.5 Å². The molecule has 0 aromatic heterocycles. The molecule has 0 saturated heterocycles. The number of hydrogen-bond donors (Lipinski definition) is 1. The van der Waals surface area contributed by atoms with Crippen LogP contribution in [-0.4, -0.2) is 26.3 Å². The van der Waals surface area contributed by atoms with Crippen LogP contribution in [0.15, 0.2) is 0 Å². The summed E-state index contributed by atoms with van der Waals surface area (Å²) >= 11 is 0. The molecule has 0 amide bonds. The Morgan fingerprint density at radius 1 is 1.21 bits per heavy atom. The third-order valence-electron chi connectivity index (χ3n) is 2.67. The molecule has 0 aliphatic carbocycles. The topological polar surface area (TPSA) is 21.3 Å². The largest absolute Gasteiger partial charge is 0.381 e. The van der Waals surface area contributed by atoms with Gasteiger partial charge in [0.05, 0.1) is 0 Å². The summed E-state index contributed by atoms with van der Waals surface area (Å²) in [5.41, 5.74) is 0. The molecule has 2 atom stereocenters. The van der Waals surface area contributed by atoms with E-state index in [1.807, 2.05) is 7.05 Å². The highest BCUT2D eigenvalue weighted by atomic mass is 16.5. The van der Waals surface area contributed by atoms with Crippen molar-refractivity contribution in [3.63, 3.8) is 0 Å². The first kappa shape index (κ1) is 13.9. The predicted octanol–water partition coefficient (Wildman–Crippen LogP) is 2.68. The molecule has 1 N–H and O–H groups in total. The lowest BCUT2D eigenvalue weighted by atomic mass is 9.97. The highest BCUT2D eigenvalue weighted by molar-refractivity contribution is 4.69. The molecular weight excluding hydrogens is 174 g/mol. The molecule has 14 heavy (non-hydrogen) atoms. The van der Waals surface area contributed by atoms with E-state index >= 15 is 0 Å². The average Bonchev–Trinajstić information content (AvgIpc) is 2.14. The fraction of sp³-hybridized carbons (Fsp3) is 1.00. The summed E-state index contributed by atoms with van der Waals surface area (Å²) in [6.45, 7) is 10.7. The van der Waals surface area contributed by atoms with E-state index in [1.54, 1.807) is 0 Å². The van der Waals surface area contributed by atoms with Crippen LogP contribution in [0.4, 0.5) is 0 Å². The molecule has 2 unspecified atom stereocenters. The Hall–Kier alpha value is -0.0800. The summed E-state index contributed by atoms with van der Waals surface area (Å²) in [6.07, 6.45) is 2.36. The van der Waals surface area contributed by atoms with Crippen LogP contribution >= 0.6 is 0 Å². The van der Waals surface area contributed by atoms with Gasteiger partial charge in [0, 0.05) is 19.3 Å². The molecule has 0 radical (unpaired) electrons. The first-order valence-corrected chi connectivity index (χ1v) is 5.86. The van der Waals surface area contributed by atoms with Crippen molar-refractivity contribution < 1.29 is 4.74 Å². The minimum atomic E-state index is 0.637. The Kier molecular flexibility index (Phi) is 8.20. The van der Waals surface area contributed by atoms with Gasteiger partial charge in [-0.1, -0.05) is 27.7 Å². The maximum absolute atomic E-state index is 5.58. The van der Waals surface area contributed by atoms with E-state index in [4.69, 9.17) is 4.74 Å². The Morgan fingerprint density at radius 2 is 1.86 bits per heavy atom. The molecule has 0 saturated carbocycles. The van der Waals surface area contributed by atoms with Gasteiger partial charge in [-0.25, -0.2) is 0 Å². The predicted molar refractivity (Wildman–Crippen MR) is 62.6 cm³/mol. The molecule has 0 aromatic carbocycles. The van der Waals surface area contributed by atoms with Crippen LogP contribution in [0.25, 0.3) is 0 Å². The number of rotatable bonds is 8. The number of ether oxygens (including phenoxy) is 1. The lowest BCUT2D eigenvalue weighted by Gasteiger charge is -2.22. The third kappa shape index (κ3) is 6.39. The summed E-state index contributed by atoms with van der Waals surface area (Å²) in [6, 6.07) is 0.637. The van der Waals surface area contributed by atoms with Gasteiger partial charge in [-0.3, -0.25) is 0 Å². The van der Waals surface area contributed by atoms with E-state index in [2.05, 4.69) is 33.0 Å². The summed E-state index contributed by atoms with van der Waals surface area (Å²) in [7, 11) is 2.04. The first-order chi connectivity index (χ1) is 6.61. The highest BCUT2D eigenvalue weighted by Crippen LogP contribution is 2.11. The molecule has 0 spiro atoms. The lowest BCUT2D eigenvalue weighted by molar-refractivity contribution is 0.0952. The van der Waals surface area contributed by atoms with Crippen LogP contribution in [0.2, 0.25) is 0 Å². The second-order valence-corrected chi connectivity index (χ2v) is 4.54. The van der Waals surface area contributed by atoms with Crippen LogP contribution in [0.3, 0.4) is 0 Å². The van der Waals surface area contributed by atoms with Gasteiger partial charge in [0.2, 0.25) is 0 Å². The second-order valence-electron chi connectivity index (χ2n) is 4.54. The fourth-order valence-electron chi connectivity index (χ4n) is 1.68. The lowest BCUT2D eigenvalue weighted by Crippen LogP contribution is -2.32. The van der Waals surface area contributed by atoms with E-state index in [9.17, 15) is 0 Å². The number of hydrogen-bond acceptors (Lipinski definition) is 2. The molecule has 0 fully saturated rings. The van der Waals surface area contributed by atoms with Crippen molar-refractivity contribution in [3.05, 3.63) is 0 Å². The highest BCUT2D eigenvalue weighted by Gasteiger charge is 2.12. The summed E-state index contributed by atoms with van der Waals surface area (Å²) in [5.74, 6) is 1.36. The van der Waals surface area contributed by atoms with E-state index < -0.39 is 0 Å². The molecule has 0 bridgehead atoms. The smallest absolute Gasteiger partial charge is 0.0488 e. The van der Waals surface area contributed by atoms with Crippen LogP contribution in [-0.2, 0) is 4.74 Å². The Labute approximate surface area is 89.4 Å². The average molecular weight is 201 g/mol. The van der Waals surface area contributed by atoms with E-state index in [-0.39, 0.29) is 0 Å². The molecule has 0 heterocycles. The summed E-state index contributed by atoms with van der Waals surface area (Å²) < 4.78 is 5.58. The monoisotopic (exact) mass is 201 g/mol. The third-order valence-corrected chi connectivity index (χ3v) is 2.67. The van der Waals surface area contributed by atoms with E-state index in [0.29, 0.717) is 17.9 Å². The van der Waals surface area contributed by atoms with Gasteiger partial charge in [-0.05, 0) is 31.7 Å². The van der Waals surface area contributed by atoms with Crippen molar-refractivity contribution in [2.75, 3.05) is 20.3 Å². The van der Waals surface area contributed by atoms with Gasteiger partial charge >= 0.3 is 0 Å². The van der Waals surface area contributed by atoms with E-state index in [1.165, 1.54) is 6.42 Å². The zero-order valence-electron chi connectivity index (χ0n) is 10.5. The molecule has 0 aliphatic heterocycles. The quantitative estimate of drug-likeness (QED) is 0.610. The van der Waals surface area contributed by atoms with Crippen molar-refractivity contribution in [1.29, 1.82) is 0 Å². The maximum Gasteiger partial charge on any atom is 0.0488 e. The second kappa shape index (κ2) is 8.25. The Morgan fingerprint density at radius 3 is 2.29 bits per heavy atom. The zero-order chi connectivity index (χ0) is 11.0. The van der Waals surface area contributed by atoms with Gasteiger partial charge < -0.3 is 10.1 Å². The van der Waals surface area contributed by atoms with Crippen LogP contribution in [0, 0.1) is 11.8 Å².